The number of nitrogens with one attached hydrogen (secondary N) is 1. The fourth-order valence-electron chi connectivity index (χ4n) is 2.75. The molecule has 3 rings (SSSR count). The predicted molar refractivity (Wildman–Crippen MR) is 113 cm³/mol. The van der Waals surface area contributed by atoms with Gasteiger partial charge in [0.2, 0.25) is 0 Å². The standard InChI is InChI=1S/C22H23NO6S/c1-4-30(26,27)17-8-9-19(24)18(12-17)23-22(25)20-10-7-16(29-20)13-28-21-11-14(2)5-6-15(21)3/h5-12,24H,4,13H2,1-3H3,(H,23,25). The number of aryl methyl sites for hydroxylation is 2. The van der Waals surface area contributed by atoms with Gasteiger partial charge in [-0.05, 0) is 61.4 Å². The summed E-state index contributed by atoms with van der Waals surface area (Å²) in [5.74, 6) is 0.243. The number of rotatable bonds is 7. The minimum atomic E-state index is -3.48. The smallest absolute Gasteiger partial charge is 0.291 e. The third-order valence-corrected chi connectivity index (χ3v) is 6.29. The summed E-state index contributed by atoms with van der Waals surface area (Å²) in [5, 5.41) is 12.5. The Morgan fingerprint density at radius 1 is 1.10 bits per heavy atom. The lowest BCUT2D eigenvalue weighted by Crippen LogP contribution is -2.12. The first kappa shape index (κ1) is 21.4. The molecule has 0 aliphatic rings. The van der Waals surface area contributed by atoms with Crippen LogP contribution in [0.5, 0.6) is 11.5 Å². The van der Waals surface area contributed by atoms with Crippen molar-refractivity contribution >= 4 is 21.4 Å². The molecule has 2 aromatic carbocycles. The number of benzene rings is 2. The van der Waals surface area contributed by atoms with Crippen molar-refractivity contribution in [1.29, 1.82) is 0 Å². The number of anilines is 1. The van der Waals surface area contributed by atoms with Crippen LogP contribution in [0.1, 0.15) is 34.4 Å². The van der Waals surface area contributed by atoms with E-state index in [2.05, 4.69) is 5.32 Å². The van der Waals surface area contributed by atoms with E-state index in [0.717, 1.165) is 16.9 Å². The molecule has 0 unspecified atom stereocenters. The number of phenols is 1. The minimum Gasteiger partial charge on any atom is -0.506 e. The van der Waals surface area contributed by atoms with Gasteiger partial charge in [-0.1, -0.05) is 19.1 Å². The molecule has 0 bridgehead atoms. The predicted octanol–water partition coefficient (Wildman–Crippen LogP) is 4.23. The van der Waals surface area contributed by atoms with E-state index in [1.165, 1.54) is 31.2 Å². The molecule has 0 aliphatic heterocycles. The number of carbonyl (C=O) groups is 1. The fraction of sp³-hybridized carbons (Fsp3) is 0.227. The van der Waals surface area contributed by atoms with Crippen molar-refractivity contribution in [3.63, 3.8) is 0 Å². The molecule has 0 saturated heterocycles. The molecule has 1 heterocycles. The quantitative estimate of drug-likeness (QED) is 0.545. The van der Waals surface area contributed by atoms with Gasteiger partial charge in [0, 0.05) is 0 Å². The summed E-state index contributed by atoms with van der Waals surface area (Å²) in [6, 6.07) is 12.7. The number of ether oxygens (including phenoxy) is 1. The van der Waals surface area contributed by atoms with E-state index in [1.807, 2.05) is 32.0 Å². The molecule has 1 amide bonds. The summed E-state index contributed by atoms with van der Waals surface area (Å²) in [7, 11) is -3.48. The molecular formula is C22H23NO6S. The van der Waals surface area contributed by atoms with Gasteiger partial charge >= 0.3 is 0 Å². The SMILES string of the molecule is CCS(=O)(=O)c1ccc(O)c(NC(=O)c2ccc(COc3cc(C)ccc3C)o2)c1. The lowest BCUT2D eigenvalue weighted by molar-refractivity contribution is 0.0992. The van der Waals surface area contributed by atoms with Crippen LogP contribution in [-0.2, 0) is 16.4 Å². The highest BCUT2D eigenvalue weighted by Gasteiger charge is 2.18. The highest BCUT2D eigenvalue weighted by Crippen LogP contribution is 2.28. The van der Waals surface area contributed by atoms with Gasteiger partial charge in [0.15, 0.2) is 15.6 Å². The number of amides is 1. The first-order valence-electron chi connectivity index (χ1n) is 9.35. The summed E-state index contributed by atoms with van der Waals surface area (Å²) < 4.78 is 35.4. The Kier molecular flexibility index (Phi) is 6.17. The van der Waals surface area contributed by atoms with Gasteiger partial charge in [-0.2, -0.15) is 0 Å². The van der Waals surface area contributed by atoms with Crippen molar-refractivity contribution in [2.24, 2.45) is 0 Å². The molecule has 1 aromatic heterocycles. The molecule has 0 atom stereocenters. The lowest BCUT2D eigenvalue weighted by Gasteiger charge is -2.09. The second kappa shape index (κ2) is 8.62. The molecule has 0 radical (unpaired) electrons. The summed E-state index contributed by atoms with van der Waals surface area (Å²) in [5.41, 5.74) is 2.05. The fourth-order valence-corrected chi connectivity index (χ4v) is 3.65. The Hall–Kier alpha value is -3.26. The number of hydrogen-bond acceptors (Lipinski definition) is 6. The van der Waals surface area contributed by atoms with Crippen LogP contribution in [0.3, 0.4) is 0 Å². The highest BCUT2D eigenvalue weighted by atomic mass is 32.2. The third kappa shape index (κ3) is 4.83. The molecule has 0 aliphatic carbocycles. The van der Waals surface area contributed by atoms with Gasteiger partial charge in [-0.25, -0.2) is 8.42 Å². The second-order valence-corrected chi connectivity index (χ2v) is 9.14. The van der Waals surface area contributed by atoms with E-state index in [9.17, 15) is 18.3 Å². The van der Waals surface area contributed by atoms with Crippen LogP contribution in [-0.4, -0.2) is 25.2 Å². The van der Waals surface area contributed by atoms with Crippen molar-refractivity contribution in [2.45, 2.75) is 32.3 Å². The molecule has 0 spiro atoms. The summed E-state index contributed by atoms with van der Waals surface area (Å²) in [6.45, 7) is 5.57. The Morgan fingerprint density at radius 3 is 2.60 bits per heavy atom. The summed E-state index contributed by atoms with van der Waals surface area (Å²) >= 11 is 0. The molecule has 158 valence electrons. The van der Waals surface area contributed by atoms with Gasteiger partial charge in [0.25, 0.3) is 5.91 Å². The van der Waals surface area contributed by atoms with Crippen molar-refractivity contribution in [3.8, 4) is 11.5 Å². The van der Waals surface area contributed by atoms with Crippen LogP contribution in [0.15, 0.2) is 57.8 Å². The third-order valence-electron chi connectivity index (χ3n) is 4.55. The summed E-state index contributed by atoms with van der Waals surface area (Å²) in [6.07, 6.45) is 0. The maximum absolute atomic E-state index is 12.5. The van der Waals surface area contributed by atoms with Crippen LogP contribution >= 0.6 is 0 Å². The minimum absolute atomic E-state index is 0.0118. The van der Waals surface area contributed by atoms with Crippen LogP contribution in [0.25, 0.3) is 0 Å². The molecule has 8 heteroatoms. The number of aromatic hydroxyl groups is 1. The number of carbonyl (C=O) groups excluding carboxylic acids is 1. The normalized spacial score (nSPS) is 11.3. The van der Waals surface area contributed by atoms with Gasteiger partial charge in [0.05, 0.1) is 16.3 Å². The van der Waals surface area contributed by atoms with Crippen LogP contribution in [0.4, 0.5) is 5.69 Å². The zero-order valence-corrected chi connectivity index (χ0v) is 17.7. The van der Waals surface area contributed by atoms with Gasteiger partial charge < -0.3 is 19.6 Å². The van der Waals surface area contributed by atoms with E-state index >= 15 is 0 Å². The average Bonchev–Trinajstić information content (AvgIpc) is 3.19. The molecule has 2 N–H and O–H groups in total. The van der Waals surface area contributed by atoms with Crippen molar-refractivity contribution < 1.29 is 27.5 Å². The van der Waals surface area contributed by atoms with E-state index in [1.54, 1.807) is 6.07 Å². The second-order valence-electron chi connectivity index (χ2n) is 6.86. The van der Waals surface area contributed by atoms with Crippen molar-refractivity contribution in [2.75, 3.05) is 11.1 Å². The average molecular weight is 429 g/mol. The van der Waals surface area contributed by atoms with Crippen molar-refractivity contribution in [3.05, 3.63) is 71.2 Å². The number of phenolic OH excluding ortho intramolecular Hbond substituents is 1. The van der Waals surface area contributed by atoms with Crippen LogP contribution in [0.2, 0.25) is 0 Å². The first-order chi connectivity index (χ1) is 14.2. The van der Waals surface area contributed by atoms with Crippen LogP contribution in [0, 0.1) is 13.8 Å². The zero-order chi connectivity index (χ0) is 21.9. The number of hydrogen-bond donors (Lipinski definition) is 2. The Bertz CT molecular complexity index is 1180. The highest BCUT2D eigenvalue weighted by molar-refractivity contribution is 7.91. The van der Waals surface area contributed by atoms with E-state index in [0.29, 0.717) is 5.76 Å². The van der Waals surface area contributed by atoms with Crippen LogP contribution < -0.4 is 10.1 Å². The monoisotopic (exact) mass is 429 g/mol. The molecule has 7 nitrogen and oxygen atoms in total. The van der Waals surface area contributed by atoms with Gasteiger partial charge in [0.1, 0.15) is 23.9 Å². The van der Waals surface area contributed by atoms with E-state index < -0.39 is 15.7 Å². The molecule has 3 aromatic rings. The van der Waals surface area contributed by atoms with Crippen molar-refractivity contribution in [1.82, 2.24) is 0 Å². The van der Waals surface area contributed by atoms with E-state index in [4.69, 9.17) is 9.15 Å². The molecule has 0 fully saturated rings. The van der Waals surface area contributed by atoms with E-state index in [-0.39, 0.29) is 34.5 Å². The Balaban J connectivity index is 1.71. The maximum atomic E-state index is 12.5. The molecular weight excluding hydrogens is 406 g/mol. The van der Waals surface area contributed by atoms with Gasteiger partial charge in [-0.15, -0.1) is 0 Å². The molecule has 0 saturated carbocycles. The lowest BCUT2D eigenvalue weighted by atomic mass is 10.1. The first-order valence-corrected chi connectivity index (χ1v) is 11.0. The maximum Gasteiger partial charge on any atom is 0.291 e. The Morgan fingerprint density at radius 2 is 1.87 bits per heavy atom. The zero-order valence-electron chi connectivity index (χ0n) is 16.9. The topological polar surface area (TPSA) is 106 Å². The number of furan rings is 1. The largest absolute Gasteiger partial charge is 0.506 e. The number of sulfone groups is 1. The summed E-state index contributed by atoms with van der Waals surface area (Å²) in [4.78, 5) is 12.5. The molecule has 30 heavy (non-hydrogen) atoms. The Labute approximate surface area is 175 Å². The van der Waals surface area contributed by atoms with Gasteiger partial charge in [-0.3, -0.25) is 4.79 Å².